The van der Waals surface area contributed by atoms with Gasteiger partial charge in [0, 0.05) is 17.6 Å². The number of hydrogen-bond acceptors (Lipinski definition) is 6. The molecule has 0 aliphatic heterocycles. The van der Waals surface area contributed by atoms with Crippen LogP contribution < -0.4 is 20.6 Å². The van der Waals surface area contributed by atoms with E-state index in [0.29, 0.717) is 16.2 Å². The van der Waals surface area contributed by atoms with Crippen molar-refractivity contribution in [1.29, 1.82) is 0 Å². The summed E-state index contributed by atoms with van der Waals surface area (Å²) < 4.78 is 43.5. The molecule has 3 aromatic rings. The van der Waals surface area contributed by atoms with Crippen LogP contribution in [-0.4, -0.2) is 21.3 Å². The number of alkyl halides is 3. The first-order valence-corrected chi connectivity index (χ1v) is 8.90. The normalized spacial score (nSPS) is 11.8. The third-order valence-electron chi connectivity index (χ3n) is 3.68. The van der Waals surface area contributed by atoms with E-state index in [4.69, 9.17) is 0 Å². The highest BCUT2D eigenvalue weighted by molar-refractivity contribution is 8.00. The fraction of sp³-hybridized carbons (Fsp3) is 0.235. The number of benzene rings is 1. The number of H-pyrrole nitrogens is 2. The zero-order valence-electron chi connectivity index (χ0n) is 14.7. The first-order valence-electron chi connectivity index (χ1n) is 8.08. The fourth-order valence-corrected chi connectivity index (χ4v) is 3.27. The second-order valence-electron chi connectivity index (χ2n) is 6.12. The summed E-state index contributed by atoms with van der Waals surface area (Å²) in [5, 5.41) is 0.556. The minimum absolute atomic E-state index is 0.0687. The molecule has 2 aromatic heterocycles. The quantitative estimate of drug-likeness (QED) is 0.436. The van der Waals surface area contributed by atoms with Gasteiger partial charge in [-0.25, -0.2) is 4.98 Å². The molecule has 0 spiro atoms. The van der Waals surface area contributed by atoms with Gasteiger partial charge in [0.2, 0.25) is 0 Å². The van der Waals surface area contributed by atoms with Gasteiger partial charge in [-0.2, -0.15) is 0 Å². The number of pyridine rings is 1. The van der Waals surface area contributed by atoms with Crippen LogP contribution in [0.3, 0.4) is 0 Å². The first-order chi connectivity index (χ1) is 13.1. The molecule has 2 heterocycles. The summed E-state index contributed by atoms with van der Waals surface area (Å²) in [5.41, 5.74) is 0.430. The molecule has 0 radical (unpaired) electrons. The van der Waals surface area contributed by atoms with Gasteiger partial charge in [-0.1, -0.05) is 13.8 Å². The fourth-order valence-electron chi connectivity index (χ4n) is 2.37. The Morgan fingerprint density at radius 2 is 1.75 bits per heavy atom. The van der Waals surface area contributed by atoms with E-state index in [-0.39, 0.29) is 17.3 Å². The molecule has 0 aliphatic rings. The lowest BCUT2D eigenvalue weighted by molar-refractivity contribution is -0.274. The maximum Gasteiger partial charge on any atom is 0.573 e. The SMILES string of the molecule is CC(C)c1cc2[nH]c(=O)c(=O)[nH]c2nc1SNc1ccc(OC(F)(F)F)cc1. The lowest BCUT2D eigenvalue weighted by Crippen LogP contribution is -2.29. The van der Waals surface area contributed by atoms with Crippen molar-refractivity contribution in [3.63, 3.8) is 0 Å². The van der Waals surface area contributed by atoms with Crippen LogP contribution in [0.2, 0.25) is 0 Å². The van der Waals surface area contributed by atoms with Crippen molar-refractivity contribution in [3.8, 4) is 5.75 Å². The van der Waals surface area contributed by atoms with Crippen molar-refractivity contribution < 1.29 is 17.9 Å². The highest BCUT2D eigenvalue weighted by Crippen LogP contribution is 2.30. The van der Waals surface area contributed by atoms with Crippen LogP contribution in [0, 0.1) is 0 Å². The number of ether oxygens (including phenoxy) is 1. The number of anilines is 1. The lowest BCUT2D eigenvalue weighted by Gasteiger charge is -2.14. The Morgan fingerprint density at radius 3 is 2.36 bits per heavy atom. The molecule has 0 amide bonds. The highest BCUT2D eigenvalue weighted by atomic mass is 32.2. The molecule has 0 unspecified atom stereocenters. The minimum atomic E-state index is -4.75. The molecule has 0 fully saturated rings. The molecule has 0 saturated heterocycles. The molecule has 7 nitrogen and oxygen atoms in total. The molecule has 11 heteroatoms. The summed E-state index contributed by atoms with van der Waals surface area (Å²) in [6.45, 7) is 3.89. The van der Waals surface area contributed by atoms with Crippen LogP contribution in [0.4, 0.5) is 18.9 Å². The largest absolute Gasteiger partial charge is 0.573 e. The van der Waals surface area contributed by atoms with E-state index < -0.39 is 17.5 Å². The Hall–Kier alpha value is -2.95. The average Bonchev–Trinajstić information content (AvgIpc) is 2.60. The molecule has 0 bridgehead atoms. The van der Waals surface area contributed by atoms with Crippen molar-refractivity contribution in [2.24, 2.45) is 0 Å². The number of nitrogens with zero attached hydrogens (tertiary/aromatic N) is 1. The zero-order valence-corrected chi connectivity index (χ0v) is 15.5. The van der Waals surface area contributed by atoms with E-state index in [2.05, 4.69) is 24.4 Å². The van der Waals surface area contributed by atoms with Crippen molar-refractivity contribution in [3.05, 3.63) is 56.6 Å². The molecular formula is C17H15F3N4O3S. The molecule has 1 aromatic carbocycles. The van der Waals surface area contributed by atoms with Crippen molar-refractivity contribution in [2.75, 3.05) is 4.72 Å². The zero-order chi connectivity index (χ0) is 20.5. The van der Waals surface area contributed by atoms with E-state index in [1.165, 1.54) is 24.3 Å². The van der Waals surface area contributed by atoms with Gasteiger partial charge in [0.25, 0.3) is 0 Å². The third kappa shape index (κ3) is 4.66. The number of aromatic amines is 2. The summed E-state index contributed by atoms with van der Waals surface area (Å²) in [6.07, 6.45) is -4.75. The maximum atomic E-state index is 12.2. The highest BCUT2D eigenvalue weighted by Gasteiger charge is 2.30. The van der Waals surface area contributed by atoms with Crippen LogP contribution in [0.1, 0.15) is 25.3 Å². The molecule has 0 atom stereocenters. The van der Waals surface area contributed by atoms with E-state index in [1.807, 2.05) is 13.8 Å². The van der Waals surface area contributed by atoms with Crippen LogP contribution in [-0.2, 0) is 0 Å². The smallest absolute Gasteiger partial charge is 0.406 e. The number of hydrogen-bond donors (Lipinski definition) is 3. The molecular weight excluding hydrogens is 397 g/mol. The van der Waals surface area contributed by atoms with Gasteiger partial charge < -0.3 is 19.4 Å². The Labute approximate surface area is 160 Å². The number of rotatable bonds is 5. The second kappa shape index (κ2) is 7.58. The first kappa shape index (κ1) is 19.8. The standard InChI is InChI=1S/C17H15F3N4O3S/c1-8(2)11-7-12-13(22-15(26)14(25)21-12)23-16(11)28-24-9-3-5-10(6-4-9)27-17(18,19)20/h3-8,24H,1-2H3,(H,21,25)(H,22,23,26). The molecule has 3 N–H and O–H groups in total. The lowest BCUT2D eigenvalue weighted by atomic mass is 10.1. The van der Waals surface area contributed by atoms with E-state index >= 15 is 0 Å². The summed E-state index contributed by atoms with van der Waals surface area (Å²) in [6, 6.07) is 6.98. The molecule has 3 rings (SSSR count). The predicted octanol–water partition coefficient (Wildman–Crippen LogP) is 3.75. The number of halogens is 3. The van der Waals surface area contributed by atoms with Crippen LogP contribution in [0.5, 0.6) is 5.75 Å². The number of fused-ring (bicyclic) bond motifs is 1. The molecule has 0 saturated carbocycles. The monoisotopic (exact) mass is 412 g/mol. The summed E-state index contributed by atoms with van der Waals surface area (Å²) in [7, 11) is 0. The molecule has 28 heavy (non-hydrogen) atoms. The van der Waals surface area contributed by atoms with Crippen molar-refractivity contribution in [2.45, 2.75) is 31.2 Å². The molecule has 148 valence electrons. The Kier molecular flexibility index (Phi) is 5.36. The molecule has 0 aliphatic carbocycles. The minimum Gasteiger partial charge on any atom is -0.406 e. The summed E-state index contributed by atoms with van der Waals surface area (Å²) in [4.78, 5) is 32.3. The second-order valence-corrected chi connectivity index (χ2v) is 6.91. The van der Waals surface area contributed by atoms with Crippen LogP contribution in [0.25, 0.3) is 11.2 Å². The van der Waals surface area contributed by atoms with Gasteiger partial charge in [-0.05, 0) is 41.8 Å². The van der Waals surface area contributed by atoms with Crippen molar-refractivity contribution in [1.82, 2.24) is 15.0 Å². The third-order valence-corrected chi connectivity index (χ3v) is 4.54. The Bertz CT molecular complexity index is 1110. The average molecular weight is 412 g/mol. The number of aromatic nitrogens is 3. The van der Waals surface area contributed by atoms with Gasteiger partial charge in [-0.3, -0.25) is 9.59 Å². The van der Waals surface area contributed by atoms with E-state index in [0.717, 1.165) is 17.5 Å². The summed E-state index contributed by atoms with van der Waals surface area (Å²) >= 11 is 1.13. The Balaban J connectivity index is 1.85. The van der Waals surface area contributed by atoms with Crippen LogP contribution in [0.15, 0.2) is 44.9 Å². The van der Waals surface area contributed by atoms with Gasteiger partial charge >= 0.3 is 17.5 Å². The van der Waals surface area contributed by atoms with Crippen LogP contribution >= 0.6 is 11.9 Å². The summed E-state index contributed by atoms with van der Waals surface area (Å²) in [5.74, 6) is -0.254. The van der Waals surface area contributed by atoms with E-state index in [9.17, 15) is 22.8 Å². The van der Waals surface area contributed by atoms with Gasteiger partial charge in [0.05, 0.1) is 5.52 Å². The maximum absolute atomic E-state index is 12.2. The van der Waals surface area contributed by atoms with Gasteiger partial charge in [-0.15, -0.1) is 13.2 Å². The van der Waals surface area contributed by atoms with E-state index in [1.54, 1.807) is 6.07 Å². The number of nitrogens with one attached hydrogen (secondary N) is 3. The predicted molar refractivity (Wildman–Crippen MR) is 99.7 cm³/mol. The van der Waals surface area contributed by atoms with Gasteiger partial charge in [0.15, 0.2) is 5.65 Å². The van der Waals surface area contributed by atoms with Crippen molar-refractivity contribution >= 4 is 28.8 Å². The Morgan fingerprint density at radius 1 is 1.11 bits per heavy atom. The topological polar surface area (TPSA) is 99.9 Å². The van der Waals surface area contributed by atoms with Gasteiger partial charge in [0.1, 0.15) is 10.8 Å².